The van der Waals surface area contributed by atoms with Crippen LogP contribution in [0.25, 0.3) is 28.2 Å². The maximum atomic E-state index is 13.6. The van der Waals surface area contributed by atoms with Crippen molar-refractivity contribution < 1.29 is 4.79 Å². The van der Waals surface area contributed by atoms with Gasteiger partial charge >= 0.3 is 0 Å². The van der Waals surface area contributed by atoms with Crippen LogP contribution >= 0.6 is 0 Å². The number of carbonyl (C=O) groups is 1. The van der Waals surface area contributed by atoms with Crippen molar-refractivity contribution >= 4 is 34.1 Å². The summed E-state index contributed by atoms with van der Waals surface area (Å²) in [5.41, 5.74) is 4.49. The molecule has 0 saturated heterocycles. The molecule has 5 rings (SSSR count). The molecule has 1 amide bonds. The molecule has 2 heterocycles. The van der Waals surface area contributed by atoms with Crippen LogP contribution in [0.5, 0.6) is 0 Å². The molecule has 0 atom stereocenters. The predicted octanol–water partition coefficient (Wildman–Crippen LogP) is 4.99. The molecular weight excluding hydrogens is 398 g/mol. The van der Waals surface area contributed by atoms with Crippen LogP contribution in [-0.2, 0) is 4.79 Å². The Labute approximate surface area is 186 Å². The van der Waals surface area contributed by atoms with E-state index in [9.17, 15) is 9.59 Å². The van der Waals surface area contributed by atoms with E-state index in [4.69, 9.17) is 4.98 Å². The summed E-state index contributed by atoms with van der Waals surface area (Å²) >= 11 is 0. The first-order valence-corrected chi connectivity index (χ1v) is 10.8. The summed E-state index contributed by atoms with van der Waals surface area (Å²) in [6.45, 7) is 4.66. The van der Waals surface area contributed by atoms with Crippen molar-refractivity contribution in [3.63, 3.8) is 0 Å². The number of rotatable bonds is 4. The van der Waals surface area contributed by atoms with Gasteiger partial charge in [0.25, 0.3) is 11.5 Å². The van der Waals surface area contributed by atoms with Crippen LogP contribution in [-0.4, -0.2) is 22.0 Å². The van der Waals surface area contributed by atoms with Crippen LogP contribution in [0, 0.1) is 6.92 Å². The van der Waals surface area contributed by atoms with Crippen molar-refractivity contribution in [1.29, 1.82) is 0 Å². The smallest absolute Gasteiger partial charge is 0.266 e. The Bertz CT molecular complexity index is 1450. The van der Waals surface area contributed by atoms with Crippen LogP contribution in [0.4, 0.5) is 5.69 Å². The van der Waals surface area contributed by atoms with Crippen LogP contribution in [0.15, 0.2) is 77.6 Å². The Morgan fingerprint density at radius 1 is 0.875 bits per heavy atom. The van der Waals surface area contributed by atoms with Gasteiger partial charge in [-0.2, -0.15) is 0 Å². The Morgan fingerprint density at radius 3 is 2.34 bits per heavy atom. The number of nitrogens with zero attached hydrogens (tertiary/aromatic N) is 3. The van der Waals surface area contributed by atoms with E-state index in [0.717, 1.165) is 28.9 Å². The average Bonchev–Trinajstić information content (AvgIpc) is 3.07. The van der Waals surface area contributed by atoms with E-state index in [1.54, 1.807) is 21.6 Å². The molecule has 0 radical (unpaired) electrons. The third kappa shape index (κ3) is 3.14. The number of hydrogen-bond donors (Lipinski definition) is 0. The van der Waals surface area contributed by atoms with E-state index in [1.807, 2.05) is 73.7 Å². The summed E-state index contributed by atoms with van der Waals surface area (Å²) in [7, 11) is 0. The van der Waals surface area contributed by atoms with E-state index in [0.29, 0.717) is 28.8 Å². The largest absolute Gasteiger partial charge is 0.308 e. The fraction of sp³-hybridized carbons (Fsp3) is 0.148. The highest BCUT2D eigenvalue weighted by molar-refractivity contribution is 6.35. The van der Waals surface area contributed by atoms with Gasteiger partial charge in [-0.15, -0.1) is 0 Å². The molecule has 1 aliphatic rings. The lowest BCUT2D eigenvalue weighted by Crippen LogP contribution is -2.27. The minimum atomic E-state index is -0.152. The van der Waals surface area contributed by atoms with Crippen molar-refractivity contribution in [2.45, 2.75) is 20.3 Å². The normalized spacial score (nSPS) is 14.4. The highest BCUT2D eigenvalue weighted by atomic mass is 16.2. The number of aromatic nitrogens is 2. The Morgan fingerprint density at radius 2 is 1.56 bits per heavy atom. The first-order valence-electron chi connectivity index (χ1n) is 10.8. The highest BCUT2D eigenvalue weighted by Gasteiger charge is 2.32. The highest BCUT2D eigenvalue weighted by Crippen LogP contribution is 2.37. The van der Waals surface area contributed by atoms with Gasteiger partial charge in [0.1, 0.15) is 5.82 Å². The Hall–Kier alpha value is -3.99. The summed E-state index contributed by atoms with van der Waals surface area (Å²) < 4.78 is 1.61. The third-order valence-electron chi connectivity index (χ3n) is 5.84. The first kappa shape index (κ1) is 19.9. The van der Waals surface area contributed by atoms with Crippen molar-refractivity contribution in [3.05, 3.63) is 100 Å². The van der Waals surface area contributed by atoms with Crippen LogP contribution in [0.2, 0.25) is 0 Å². The van der Waals surface area contributed by atoms with E-state index in [2.05, 4.69) is 6.92 Å². The van der Waals surface area contributed by atoms with E-state index < -0.39 is 0 Å². The van der Waals surface area contributed by atoms with Gasteiger partial charge in [0.2, 0.25) is 0 Å². The number of para-hydroxylation sites is 3. The van der Waals surface area contributed by atoms with Gasteiger partial charge in [0.05, 0.1) is 27.9 Å². The molecule has 5 heteroatoms. The maximum absolute atomic E-state index is 13.6. The predicted molar refractivity (Wildman–Crippen MR) is 129 cm³/mol. The molecule has 0 unspecified atom stereocenters. The number of anilines is 1. The molecule has 0 N–H and O–H groups in total. The summed E-state index contributed by atoms with van der Waals surface area (Å²) in [6, 6.07) is 22.8. The van der Waals surface area contributed by atoms with Crippen molar-refractivity contribution in [2.24, 2.45) is 0 Å². The van der Waals surface area contributed by atoms with Gasteiger partial charge in [-0.05, 0) is 49.2 Å². The number of amides is 1. The molecule has 32 heavy (non-hydrogen) atoms. The SMILES string of the molecule is CCCN1C(=O)/C(=C\c2nc3ccccc3c(=O)n2-c2ccccc2C)c2ccccc21. The quantitative estimate of drug-likeness (QED) is 0.436. The second kappa shape index (κ2) is 7.93. The Balaban J connectivity index is 1.81. The molecule has 0 fully saturated rings. The average molecular weight is 422 g/mol. The minimum absolute atomic E-state index is 0.0632. The van der Waals surface area contributed by atoms with E-state index in [-0.39, 0.29) is 11.5 Å². The molecule has 0 saturated carbocycles. The lowest BCUT2D eigenvalue weighted by atomic mass is 10.1. The lowest BCUT2D eigenvalue weighted by molar-refractivity contribution is -0.113. The van der Waals surface area contributed by atoms with Gasteiger partial charge in [-0.25, -0.2) is 4.98 Å². The van der Waals surface area contributed by atoms with Crippen molar-refractivity contribution in [2.75, 3.05) is 11.4 Å². The monoisotopic (exact) mass is 421 g/mol. The summed E-state index contributed by atoms with van der Waals surface area (Å²) in [4.78, 5) is 33.5. The lowest BCUT2D eigenvalue weighted by Gasteiger charge is -2.15. The van der Waals surface area contributed by atoms with Gasteiger partial charge in [-0.3, -0.25) is 14.2 Å². The molecule has 1 aromatic heterocycles. The number of aryl methyl sites for hydroxylation is 1. The molecule has 0 aliphatic carbocycles. The third-order valence-corrected chi connectivity index (χ3v) is 5.84. The van der Waals surface area contributed by atoms with Gasteiger partial charge in [0, 0.05) is 12.1 Å². The number of carbonyl (C=O) groups excluding carboxylic acids is 1. The minimum Gasteiger partial charge on any atom is -0.308 e. The van der Waals surface area contributed by atoms with Crippen molar-refractivity contribution in [1.82, 2.24) is 9.55 Å². The molecule has 1 aliphatic heterocycles. The van der Waals surface area contributed by atoms with Gasteiger partial charge in [-0.1, -0.05) is 55.5 Å². The molecule has 0 spiro atoms. The second-order valence-corrected chi connectivity index (χ2v) is 7.95. The molecule has 158 valence electrons. The zero-order valence-corrected chi connectivity index (χ0v) is 18.1. The topological polar surface area (TPSA) is 55.2 Å². The molecule has 3 aromatic carbocycles. The second-order valence-electron chi connectivity index (χ2n) is 7.95. The standard InChI is InChI=1S/C27H23N3O2/c1-3-16-29-24-15-9-6-11-19(24)21(26(29)31)17-25-28-22-13-7-5-12-20(22)27(32)30(25)23-14-8-4-10-18(23)2/h4-15,17H,3,16H2,1-2H3/b21-17-. The Kier molecular flexibility index (Phi) is 4.94. The molecule has 5 nitrogen and oxygen atoms in total. The number of benzene rings is 3. The fourth-order valence-corrected chi connectivity index (χ4v) is 4.31. The van der Waals surface area contributed by atoms with Crippen LogP contribution in [0.1, 0.15) is 30.3 Å². The number of hydrogen-bond acceptors (Lipinski definition) is 3. The zero-order chi connectivity index (χ0) is 22.2. The fourth-order valence-electron chi connectivity index (χ4n) is 4.31. The molecule has 4 aromatic rings. The molecule has 0 bridgehead atoms. The van der Waals surface area contributed by atoms with Crippen LogP contribution < -0.4 is 10.5 Å². The van der Waals surface area contributed by atoms with Gasteiger partial charge in [0.15, 0.2) is 0 Å². The van der Waals surface area contributed by atoms with E-state index in [1.165, 1.54) is 0 Å². The summed E-state index contributed by atoms with van der Waals surface area (Å²) in [5, 5.41) is 0.545. The van der Waals surface area contributed by atoms with Crippen molar-refractivity contribution in [3.8, 4) is 5.69 Å². The summed E-state index contributed by atoms with van der Waals surface area (Å²) in [5.74, 6) is 0.381. The van der Waals surface area contributed by atoms with Gasteiger partial charge < -0.3 is 4.90 Å². The molecular formula is C27H23N3O2. The first-order chi connectivity index (χ1) is 15.6. The summed E-state index contributed by atoms with van der Waals surface area (Å²) in [6.07, 6.45) is 2.62. The zero-order valence-electron chi connectivity index (χ0n) is 18.1. The van der Waals surface area contributed by atoms with Crippen LogP contribution in [0.3, 0.4) is 0 Å². The maximum Gasteiger partial charge on any atom is 0.266 e. The van der Waals surface area contributed by atoms with E-state index >= 15 is 0 Å². The number of fused-ring (bicyclic) bond motifs is 2.